The largest absolute Gasteiger partial charge is 0.460 e. The number of carbonyl (C=O) groups is 2. The zero-order chi connectivity index (χ0) is 9.14. The topological polar surface area (TPSA) is 73.3 Å². The number of ketones is 2. The molecule has 1 rings (SSSR count). The fourth-order valence-corrected chi connectivity index (χ4v) is 0.768. The van der Waals surface area contributed by atoms with E-state index < -0.39 is 0 Å². The van der Waals surface area contributed by atoms with Gasteiger partial charge in [0.1, 0.15) is 6.26 Å². The van der Waals surface area contributed by atoms with Crippen LogP contribution in [0.2, 0.25) is 0 Å². The molecule has 4 nitrogen and oxygen atoms in total. The predicted molar refractivity (Wildman–Crippen MR) is 42.1 cm³/mol. The van der Waals surface area contributed by atoms with Crippen molar-refractivity contribution in [1.29, 1.82) is 0 Å². The molecule has 2 N–H and O–H groups in total. The van der Waals surface area contributed by atoms with Gasteiger partial charge in [0, 0.05) is 0 Å². The van der Waals surface area contributed by atoms with Gasteiger partial charge in [-0.25, -0.2) is 0 Å². The van der Waals surface area contributed by atoms with Crippen molar-refractivity contribution in [2.45, 2.75) is 6.92 Å². The molecule has 0 bridgehead atoms. The maximum atomic E-state index is 10.9. The van der Waals surface area contributed by atoms with Gasteiger partial charge in [-0.3, -0.25) is 9.59 Å². The molecule has 0 aliphatic heterocycles. The summed E-state index contributed by atoms with van der Waals surface area (Å²) in [5.41, 5.74) is 5.49. The van der Waals surface area contributed by atoms with Gasteiger partial charge in [-0.2, -0.15) is 0 Å². The summed E-state index contributed by atoms with van der Waals surface area (Å²) < 4.78 is 4.83. The third-order valence-electron chi connectivity index (χ3n) is 1.47. The minimum Gasteiger partial charge on any atom is -0.460 e. The minimum absolute atomic E-state index is 0.106. The molecule has 0 radical (unpaired) electrons. The normalized spacial score (nSPS) is 9.83. The number of rotatable bonds is 3. The lowest BCUT2D eigenvalue weighted by Crippen LogP contribution is -2.12. The highest BCUT2D eigenvalue weighted by Crippen LogP contribution is 2.08. The van der Waals surface area contributed by atoms with Crippen molar-refractivity contribution in [3.63, 3.8) is 0 Å². The van der Waals surface area contributed by atoms with Gasteiger partial charge in [0.05, 0.1) is 12.1 Å². The van der Waals surface area contributed by atoms with Crippen LogP contribution in [0.3, 0.4) is 0 Å². The molecule has 0 atom stereocenters. The average molecular weight is 167 g/mol. The van der Waals surface area contributed by atoms with Crippen LogP contribution in [0, 0.1) is 0 Å². The molecule has 0 fully saturated rings. The lowest BCUT2D eigenvalue weighted by molar-refractivity contribution is 0.0973. The van der Waals surface area contributed by atoms with E-state index in [0.717, 1.165) is 0 Å². The van der Waals surface area contributed by atoms with Gasteiger partial charge >= 0.3 is 0 Å². The molecule has 0 spiro atoms. The Morgan fingerprint density at radius 3 is 2.67 bits per heavy atom. The third-order valence-corrected chi connectivity index (χ3v) is 1.47. The summed E-state index contributed by atoms with van der Waals surface area (Å²) in [5.74, 6) is -0.292. The van der Waals surface area contributed by atoms with E-state index in [1.165, 1.54) is 19.3 Å². The van der Waals surface area contributed by atoms with Crippen molar-refractivity contribution in [2.24, 2.45) is 5.73 Å². The molecule has 1 aromatic heterocycles. The highest BCUT2D eigenvalue weighted by Gasteiger charge is 2.10. The van der Waals surface area contributed by atoms with Crippen LogP contribution in [0.15, 0.2) is 16.7 Å². The van der Waals surface area contributed by atoms with E-state index in [1.807, 2.05) is 0 Å². The van der Waals surface area contributed by atoms with Crippen molar-refractivity contribution in [2.75, 3.05) is 6.54 Å². The SMILES string of the molecule is CC(=O)c1coc(C(=O)CN)c1. The first-order valence-corrected chi connectivity index (χ1v) is 3.48. The maximum absolute atomic E-state index is 10.9. The fraction of sp³-hybridized carbons (Fsp3) is 0.250. The van der Waals surface area contributed by atoms with Gasteiger partial charge < -0.3 is 10.2 Å². The Morgan fingerprint density at radius 2 is 2.25 bits per heavy atom. The first kappa shape index (κ1) is 8.67. The van der Waals surface area contributed by atoms with Crippen LogP contribution in [-0.2, 0) is 0 Å². The summed E-state index contributed by atoms with van der Waals surface area (Å²) in [4.78, 5) is 21.7. The first-order chi connectivity index (χ1) is 5.65. The van der Waals surface area contributed by atoms with Crippen LogP contribution in [0.1, 0.15) is 27.8 Å². The van der Waals surface area contributed by atoms with Crippen molar-refractivity contribution in [1.82, 2.24) is 0 Å². The summed E-state index contributed by atoms with van der Waals surface area (Å²) in [7, 11) is 0. The smallest absolute Gasteiger partial charge is 0.211 e. The molecular formula is C8H9NO3. The molecule has 1 heterocycles. The van der Waals surface area contributed by atoms with Crippen LogP contribution in [0.5, 0.6) is 0 Å². The number of hydrogen-bond donors (Lipinski definition) is 1. The Balaban J connectivity index is 2.91. The summed E-state index contributed by atoms with van der Waals surface area (Å²) in [5, 5.41) is 0. The van der Waals surface area contributed by atoms with Gasteiger partial charge in [0.25, 0.3) is 0 Å². The summed E-state index contributed by atoms with van der Waals surface area (Å²) in [6.45, 7) is 1.30. The molecule has 0 saturated heterocycles. The lowest BCUT2D eigenvalue weighted by Gasteiger charge is -1.87. The molecule has 12 heavy (non-hydrogen) atoms. The Morgan fingerprint density at radius 1 is 1.58 bits per heavy atom. The van der Waals surface area contributed by atoms with Crippen LogP contribution in [0.25, 0.3) is 0 Å². The van der Waals surface area contributed by atoms with Gasteiger partial charge in [-0.1, -0.05) is 0 Å². The van der Waals surface area contributed by atoms with E-state index in [4.69, 9.17) is 10.2 Å². The number of nitrogens with two attached hydrogens (primary N) is 1. The molecule has 0 amide bonds. The van der Waals surface area contributed by atoms with Gasteiger partial charge in [0.15, 0.2) is 11.5 Å². The second-order valence-corrected chi connectivity index (χ2v) is 2.38. The summed E-state index contributed by atoms with van der Waals surface area (Å²) in [6.07, 6.45) is 1.26. The number of furan rings is 1. The van der Waals surface area contributed by atoms with Crippen molar-refractivity contribution >= 4 is 11.6 Å². The Kier molecular flexibility index (Phi) is 2.40. The molecule has 0 aromatic carbocycles. The quantitative estimate of drug-likeness (QED) is 0.670. The Labute approximate surface area is 69.3 Å². The van der Waals surface area contributed by atoms with Crippen LogP contribution in [0.4, 0.5) is 0 Å². The Hall–Kier alpha value is -1.42. The average Bonchev–Trinajstić information content (AvgIpc) is 2.51. The standard InChI is InChI=1S/C8H9NO3/c1-5(10)6-2-8(12-4-6)7(11)3-9/h2,4H,3,9H2,1H3. The second-order valence-electron chi connectivity index (χ2n) is 2.38. The molecule has 0 saturated carbocycles. The minimum atomic E-state index is -0.303. The van der Waals surface area contributed by atoms with E-state index in [1.54, 1.807) is 0 Å². The van der Waals surface area contributed by atoms with Gasteiger partial charge in [-0.05, 0) is 13.0 Å². The lowest BCUT2D eigenvalue weighted by atomic mass is 10.2. The van der Waals surface area contributed by atoms with Crippen molar-refractivity contribution < 1.29 is 14.0 Å². The van der Waals surface area contributed by atoms with Crippen LogP contribution in [-0.4, -0.2) is 18.1 Å². The predicted octanol–water partition coefficient (Wildman–Crippen LogP) is 0.624. The zero-order valence-corrected chi connectivity index (χ0v) is 6.66. The summed E-state index contributed by atoms with van der Waals surface area (Å²) >= 11 is 0. The molecular weight excluding hydrogens is 158 g/mol. The molecule has 4 heteroatoms. The molecule has 0 aliphatic rings. The van der Waals surface area contributed by atoms with E-state index in [9.17, 15) is 9.59 Å². The van der Waals surface area contributed by atoms with E-state index in [0.29, 0.717) is 5.56 Å². The van der Waals surface area contributed by atoms with E-state index in [2.05, 4.69) is 0 Å². The van der Waals surface area contributed by atoms with Crippen LogP contribution >= 0.6 is 0 Å². The number of Topliss-reactive ketones (excluding diaryl/α,β-unsaturated/α-hetero) is 2. The number of carbonyl (C=O) groups excluding carboxylic acids is 2. The molecule has 64 valence electrons. The van der Waals surface area contributed by atoms with Crippen molar-refractivity contribution in [3.8, 4) is 0 Å². The highest BCUT2D eigenvalue weighted by atomic mass is 16.3. The third kappa shape index (κ3) is 1.60. The molecule has 1 aromatic rings. The molecule has 0 unspecified atom stereocenters. The van der Waals surface area contributed by atoms with Gasteiger partial charge in [-0.15, -0.1) is 0 Å². The first-order valence-electron chi connectivity index (χ1n) is 3.48. The highest BCUT2D eigenvalue weighted by molar-refractivity contribution is 5.99. The maximum Gasteiger partial charge on any atom is 0.211 e. The molecule has 0 aliphatic carbocycles. The van der Waals surface area contributed by atoms with Crippen LogP contribution < -0.4 is 5.73 Å². The second kappa shape index (κ2) is 3.32. The number of hydrogen-bond acceptors (Lipinski definition) is 4. The zero-order valence-electron chi connectivity index (χ0n) is 6.66. The van der Waals surface area contributed by atoms with Gasteiger partial charge in [0.2, 0.25) is 5.78 Å². The fourth-order valence-electron chi connectivity index (χ4n) is 0.768. The van der Waals surface area contributed by atoms with E-state index in [-0.39, 0.29) is 23.9 Å². The van der Waals surface area contributed by atoms with E-state index >= 15 is 0 Å². The summed E-state index contributed by atoms with van der Waals surface area (Å²) in [6, 6.07) is 1.40. The van der Waals surface area contributed by atoms with Crippen molar-refractivity contribution in [3.05, 3.63) is 23.7 Å². The monoisotopic (exact) mass is 167 g/mol. The Bertz CT molecular complexity index is 314.